The van der Waals surface area contributed by atoms with Crippen molar-refractivity contribution in [2.24, 2.45) is 5.92 Å². The molecular formula is C16H17N3O. The summed E-state index contributed by atoms with van der Waals surface area (Å²) < 4.78 is 0. The molecule has 1 aromatic heterocycles. The fourth-order valence-electron chi connectivity index (χ4n) is 2.67. The number of hydrogen-bond donors (Lipinski definition) is 1. The maximum Gasteiger partial charge on any atom is 0.227 e. The molecule has 1 aliphatic rings. The molecule has 3 rings (SSSR count). The number of nitrogens with zero attached hydrogens (tertiary/aromatic N) is 2. The highest BCUT2D eigenvalue weighted by Crippen LogP contribution is 2.27. The highest BCUT2D eigenvalue weighted by Gasteiger charge is 2.26. The van der Waals surface area contributed by atoms with Crippen LogP contribution in [0.25, 0.3) is 0 Å². The van der Waals surface area contributed by atoms with Crippen molar-refractivity contribution in [1.29, 1.82) is 0 Å². The van der Waals surface area contributed by atoms with Gasteiger partial charge in [-0.2, -0.15) is 0 Å². The second-order valence-electron chi connectivity index (χ2n) is 5.38. The number of anilines is 2. The first-order valence-electron chi connectivity index (χ1n) is 6.86. The van der Waals surface area contributed by atoms with Gasteiger partial charge in [-0.05, 0) is 31.4 Å². The lowest BCUT2D eigenvalue weighted by molar-refractivity contribution is 0.0951. The van der Waals surface area contributed by atoms with Gasteiger partial charge in [0.05, 0.1) is 17.0 Å². The topological polar surface area (TPSA) is 54.9 Å². The Morgan fingerprint density at radius 2 is 1.90 bits per heavy atom. The molecule has 0 saturated carbocycles. The predicted molar refractivity (Wildman–Crippen MR) is 78.3 cm³/mol. The van der Waals surface area contributed by atoms with Crippen molar-refractivity contribution >= 4 is 17.4 Å². The van der Waals surface area contributed by atoms with Gasteiger partial charge in [0, 0.05) is 12.1 Å². The molecule has 1 atom stereocenters. The molecule has 1 unspecified atom stereocenters. The van der Waals surface area contributed by atoms with Crippen molar-refractivity contribution in [2.45, 2.75) is 26.7 Å². The van der Waals surface area contributed by atoms with Crippen LogP contribution < -0.4 is 5.32 Å². The van der Waals surface area contributed by atoms with Gasteiger partial charge in [-0.3, -0.25) is 4.79 Å². The molecule has 0 radical (unpaired) electrons. The normalized spacial score (nSPS) is 17.7. The first-order valence-corrected chi connectivity index (χ1v) is 6.86. The number of rotatable bonds is 2. The number of Topliss-reactive ketones (excluding diaryl/α,β-unsaturated/α-hetero) is 1. The molecule has 0 amide bonds. The van der Waals surface area contributed by atoms with E-state index in [9.17, 15) is 4.79 Å². The maximum absolute atomic E-state index is 12.1. The van der Waals surface area contributed by atoms with E-state index in [0.29, 0.717) is 18.3 Å². The molecule has 4 heteroatoms. The third kappa shape index (κ3) is 2.41. The predicted octanol–water partition coefficient (Wildman–Crippen LogP) is 3.29. The fourth-order valence-corrected chi connectivity index (χ4v) is 2.67. The number of aryl methyl sites for hydroxylation is 1. The Morgan fingerprint density at radius 3 is 2.65 bits per heavy atom. The summed E-state index contributed by atoms with van der Waals surface area (Å²) in [5.74, 6) is 1.09. The van der Waals surface area contributed by atoms with Gasteiger partial charge in [0.15, 0.2) is 5.78 Å². The van der Waals surface area contributed by atoms with E-state index >= 15 is 0 Å². The van der Waals surface area contributed by atoms with Crippen molar-refractivity contribution in [3.63, 3.8) is 0 Å². The molecule has 2 aromatic rings. The lowest BCUT2D eigenvalue weighted by Gasteiger charge is -2.21. The maximum atomic E-state index is 12.1. The van der Waals surface area contributed by atoms with Gasteiger partial charge in [-0.15, -0.1) is 0 Å². The van der Waals surface area contributed by atoms with Crippen LogP contribution in [0.1, 0.15) is 35.1 Å². The van der Waals surface area contributed by atoms with Crippen LogP contribution in [0.3, 0.4) is 0 Å². The minimum Gasteiger partial charge on any atom is -0.324 e. The van der Waals surface area contributed by atoms with Gasteiger partial charge < -0.3 is 5.32 Å². The van der Waals surface area contributed by atoms with Crippen LogP contribution in [-0.4, -0.2) is 15.8 Å². The minimum absolute atomic E-state index is 0.169. The second-order valence-corrected chi connectivity index (χ2v) is 5.38. The lowest BCUT2D eigenvalue weighted by atomic mass is 9.86. The molecule has 0 saturated heterocycles. The molecule has 20 heavy (non-hydrogen) atoms. The number of fused-ring (bicyclic) bond motifs is 1. The molecule has 1 aliphatic carbocycles. The smallest absolute Gasteiger partial charge is 0.227 e. The third-order valence-corrected chi connectivity index (χ3v) is 3.55. The molecule has 0 bridgehead atoms. The van der Waals surface area contributed by atoms with Crippen LogP contribution in [-0.2, 0) is 6.42 Å². The van der Waals surface area contributed by atoms with Gasteiger partial charge in [-0.1, -0.05) is 25.1 Å². The Balaban J connectivity index is 1.97. The first kappa shape index (κ1) is 12.8. The summed E-state index contributed by atoms with van der Waals surface area (Å²) in [7, 11) is 0. The van der Waals surface area contributed by atoms with E-state index in [1.807, 2.05) is 37.3 Å². The number of carbonyl (C=O) groups is 1. The third-order valence-electron chi connectivity index (χ3n) is 3.55. The Bertz CT molecular complexity index is 652. The molecule has 0 fully saturated rings. The monoisotopic (exact) mass is 267 g/mol. The zero-order valence-electron chi connectivity index (χ0n) is 11.7. The molecular weight excluding hydrogens is 250 g/mol. The molecule has 0 aliphatic heterocycles. The summed E-state index contributed by atoms with van der Waals surface area (Å²) in [5, 5.41) is 3.19. The molecule has 102 valence electrons. The SMILES string of the molecule is Cc1nc(Nc2ccccc2)nc2c1C(=O)CC(C)C2. The van der Waals surface area contributed by atoms with E-state index in [4.69, 9.17) is 0 Å². The van der Waals surface area contributed by atoms with Crippen molar-refractivity contribution in [3.8, 4) is 0 Å². The molecule has 1 heterocycles. The Morgan fingerprint density at radius 1 is 1.15 bits per heavy atom. The molecule has 1 N–H and O–H groups in total. The van der Waals surface area contributed by atoms with Gasteiger partial charge in [0.2, 0.25) is 5.95 Å². The van der Waals surface area contributed by atoms with E-state index in [0.717, 1.165) is 29.1 Å². The first-order chi connectivity index (χ1) is 9.63. The van der Waals surface area contributed by atoms with E-state index < -0.39 is 0 Å². The van der Waals surface area contributed by atoms with Crippen LogP contribution in [0.15, 0.2) is 30.3 Å². The number of hydrogen-bond acceptors (Lipinski definition) is 4. The van der Waals surface area contributed by atoms with Crippen molar-refractivity contribution < 1.29 is 4.79 Å². The number of aromatic nitrogens is 2. The number of nitrogens with one attached hydrogen (secondary N) is 1. The standard InChI is InChI=1S/C16H17N3O/c1-10-8-13-15(14(20)9-10)11(2)17-16(19-13)18-12-6-4-3-5-7-12/h3-7,10H,8-9H2,1-2H3,(H,17,18,19). The number of para-hydroxylation sites is 1. The minimum atomic E-state index is 0.169. The summed E-state index contributed by atoms with van der Waals surface area (Å²) in [5.41, 5.74) is 3.31. The van der Waals surface area contributed by atoms with Gasteiger partial charge in [-0.25, -0.2) is 9.97 Å². The Labute approximate surface area is 118 Å². The highest BCUT2D eigenvalue weighted by atomic mass is 16.1. The van der Waals surface area contributed by atoms with E-state index in [-0.39, 0.29) is 5.78 Å². The van der Waals surface area contributed by atoms with E-state index in [1.54, 1.807) is 0 Å². The van der Waals surface area contributed by atoms with Crippen molar-refractivity contribution in [3.05, 3.63) is 47.3 Å². The Kier molecular flexibility index (Phi) is 3.22. The van der Waals surface area contributed by atoms with Gasteiger partial charge in [0.1, 0.15) is 0 Å². The fraction of sp³-hybridized carbons (Fsp3) is 0.312. The van der Waals surface area contributed by atoms with Crippen molar-refractivity contribution in [1.82, 2.24) is 9.97 Å². The second kappa shape index (κ2) is 5.04. The average Bonchev–Trinajstić information content (AvgIpc) is 2.38. The largest absolute Gasteiger partial charge is 0.324 e. The van der Waals surface area contributed by atoms with Gasteiger partial charge >= 0.3 is 0 Å². The zero-order chi connectivity index (χ0) is 14.1. The Hall–Kier alpha value is -2.23. The number of carbonyl (C=O) groups excluding carboxylic acids is 1. The summed E-state index contributed by atoms with van der Waals surface area (Å²) in [6.07, 6.45) is 1.44. The van der Waals surface area contributed by atoms with Crippen LogP contribution >= 0.6 is 0 Å². The number of ketones is 1. The highest BCUT2D eigenvalue weighted by molar-refractivity contribution is 5.99. The summed E-state index contributed by atoms with van der Waals surface area (Å²) >= 11 is 0. The van der Waals surface area contributed by atoms with Crippen LogP contribution in [0.5, 0.6) is 0 Å². The molecule has 1 aromatic carbocycles. The summed E-state index contributed by atoms with van der Waals surface area (Å²) in [6, 6.07) is 9.81. The summed E-state index contributed by atoms with van der Waals surface area (Å²) in [6.45, 7) is 3.97. The van der Waals surface area contributed by atoms with Crippen LogP contribution in [0.2, 0.25) is 0 Å². The zero-order valence-corrected chi connectivity index (χ0v) is 11.7. The number of benzene rings is 1. The van der Waals surface area contributed by atoms with Gasteiger partial charge in [0.25, 0.3) is 0 Å². The van der Waals surface area contributed by atoms with E-state index in [1.165, 1.54) is 0 Å². The molecule has 4 nitrogen and oxygen atoms in total. The quantitative estimate of drug-likeness (QED) is 0.907. The average molecular weight is 267 g/mol. The summed E-state index contributed by atoms with van der Waals surface area (Å²) in [4.78, 5) is 21.0. The van der Waals surface area contributed by atoms with E-state index in [2.05, 4.69) is 22.2 Å². The molecule has 0 spiro atoms. The van der Waals surface area contributed by atoms with Crippen LogP contribution in [0, 0.1) is 12.8 Å². The van der Waals surface area contributed by atoms with Crippen LogP contribution in [0.4, 0.5) is 11.6 Å². The lowest BCUT2D eigenvalue weighted by Crippen LogP contribution is -2.22. The van der Waals surface area contributed by atoms with Crippen molar-refractivity contribution in [2.75, 3.05) is 5.32 Å².